The van der Waals surface area contributed by atoms with Crippen molar-refractivity contribution in [1.82, 2.24) is 5.32 Å². The highest BCUT2D eigenvalue weighted by Crippen LogP contribution is 2.18. The van der Waals surface area contributed by atoms with Crippen molar-refractivity contribution >= 4 is 39.5 Å². The van der Waals surface area contributed by atoms with Crippen LogP contribution in [0.2, 0.25) is 0 Å². The zero-order valence-corrected chi connectivity index (χ0v) is 15.6. The van der Waals surface area contributed by atoms with Crippen molar-refractivity contribution in [2.45, 2.75) is 0 Å². The molecule has 3 rings (SSSR count). The standard InChI is InChI=1S/C20H15BrN2O4/c21-14-5-1-4-13(10-14)11-17(23-20(26)18-8-3-9-27-18)19(25)22-15-6-2-7-16(24)12-15/h1-12,24H,(H,22,25)(H,23,26). The molecule has 0 bridgehead atoms. The van der Waals surface area contributed by atoms with E-state index >= 15 is 0 Å². The van der Waals surface area contributed by atoms with Gasteiger partial charge >= 0.3 is 0 Å². The molecule has 136 valence electrons. The quantitative estimate of drug-likeness (QED) is 0.534. The Morgan fingerprint density at radius 1 is 1.04 bits per heavy atom. The fourth-order valence-corrected chi connectivity index (χ4v) is 2.71. The monoisotopic (exact) mass is 426 g/mol. The zero-order valence-electron chi connectivity index (χ0n) is 14.0. The van der Waals surface area contributed by atoms with Crippen LogP contribution < -0.4 is 10.6 Å². The molecule has 0 unspecified atom stereocenters. The third kappa shape index (κ3) is 5.08. The molecule has 0 saturated heterocycles. The third-order valence-electron chi connectivity index (χ3n) is 3.50. The Balaban J connectivity index is 1.88. The maximum Gasteiger partial charge on any atom is 0.291 e. The van der Waals surface area contributed by atoms with E-state index in [0.29, 0.717) is 11.3 Å². The van der Waals surface area contributed by atoms with Crippen LogP contribution in [0.3, 0.4) is 0 Å². The largest absolute Gasteiger partial charge is 0.508 e. The number of nitrogens with one attached hydrogen (secondary N) is 2. The molecule has 0 radical (unpaired) electrons. The molecule has 1 aromatic heterocycles. The zero-order chi connectivity index (χ0) is 19.2. The third-order valence-corrected chi connectivity index (χ3v) is 3.99. The lowest BCUT2D eigenvalue weighted by molar-refractivity contribution is -0.113. The van der Waals surface area contributed by atoms with Crippen LogP contribution in [0.15, 0.2) is 81.5 Å². The Kier molecular flexibility index (Phi) is 5.73. The smallest absolute Gasteiger partial charge is 0.291 e. The summed E-state index contributed by atoms with van der Waals surface area (Å²) >= 11 is 3.37. The van der Waals surface area contributed by atoms with Crippen LogP contribution in [0, 0.1) is 0 Å². The fourth-order valence-electron chi connectivity index (χ4n) is 2.30. The average Bonchev–Trinajstić information content (AvgIpc) is 3.16. The van der Waals surface area contributed by atoms with E-state index in [2.05, 4.69) is 26.6 Å². The highest BCUT2D eigenvalue weighted by atomic mass is 79.9. The number of rotatable bonds is 5. The number of benzene rings is 2. The van der Waals surface area contributed by atoms with Gasteiger partial charge in [0.05, 0.1) is 6.26 Å². The molecule has 0 aliphatic heterocycles. The lowest BCUT2D eigenvalue weighted by Gasteiger charge is -2.11. The second-order valence-electron chi connectivity index (χ2n) is 5.55. The van der Waals surface area contributed by atoms with Gasteiger partial charge in [0.2, 0.25) is 0 Å². The second-order valence-corrected chi connectivity index (χ2v) is 6.46. The molecule has 0 aliphatic carbocycles. The first-order chi connectivity index (χ1) is 13.0. The summed E-state index contributed by atoms with van der Waals surface area (Å²) in [6.07, 6.45) is 2.92. The molecule has 0 saturated carbocycles. The van der Waals surface area contributed by atoms with Crippen molar-refractivity contribution in [1.29, 1.82) is 0 Å². The van der Waals surface area contributed by atoms with E-state index in [1.807, 2.05) is 12.1 Å². The molecule has 0 spiro atoms. The molecule has 0 fully saturated rings. The van der Waals surface area contributed by atoms with E-state index < -0.39 is 11.8 Å². The summed E-state index contributed by atoms with van der Waals surface area (Å²) in [5.74, 6) is -0.988. The van der Waals surface area contributed by atoms with Crippen molar-refractivity contribution in [2.24, 2.45) is 0 Å². The van der Waals surface area contributed by atoms with Gasteiger partial charge in [-0.1, -0.05) is 34.1 Å². The number of hydrogen-bond acceptors (Lipinski definition) is 4. The van der Waals surface area contributed by atoms with Gasteiger partial charge in [0, 0.05) is 16.2 Å². The highest BCUT2D eigenvalue weighted by Gasteiger charge is 2.16. The number of phenols is 1. The number of furan rings is 1. The number of anilines is 1. The van der Waals surface area contributed by atoms with Gasteiger partial charge in [0.25, 0.3) is 11.8 Å². The summed E-state index contributed by atoms with van der Waals surface area (Å²) in [7, 11) is 0. The first-order valence-electron chi connectivity index (χ1n) is 7.94. The van der Waals surface area contributed by atoms with Crippen molar-refractivity contribution < 1.29 is 19.1 Å². The van der Waals surface area contributed by atoms with Crippen molar-refractivity contribution in [3.63, 3.8) is 0 Å². The molecule has 2 aromatic carbocycles. The minimum absolute atomic E-state index is 0.0185. The summed E-state index contributed by atoms with van der Waals surface area (Å²) in [6, 6.07) is 16.5. The van der Waals surface area contributed by atoms with E-state index in [4.69, 9.17) is 4.42 Å². The van der Waals surface area contributed by atoms with E-state index in [1.54, 1.807) is 36.4 Å². The Hall–Kier alpha value is -3.32. The normalized spacial score (nSPS) is 11.1. The molecule has 27 heavy (non-hydrogen) atoms. The topological polar surface area (TPSA) is 91.6 Å². The van der Waals surface area contributed by atoms with Gasteiger partial charge in [-0.15, -0.1) is 0 Å². The Morgan fingerprint density at radius 2 is 1.85 bits per heavy atom. The van der Waals surface area contributed by atoms with E-state index in [0.717, 1.165) is 4.47 Å². The Bertz CT molecular complexity index is 997. The number of carbonyl (C=O) groups is 2. The molecule has 7 heteroatoms. The van der Waals surface area contributed by atoms with Crippen LogP contribution in [0.25, 0.3) is 6.08 Å². The summed E-state index contributed by atoms with van der Waals surface area (Å²) in [5, 5.41) is 14.8. The van der Waals surface area contributed by atoms with Crippen LogP contribution in [0.5, 0.6) is 5.75 Å². The van der Waals surface area contributed by atoms with Gasteiger partial charge in [-0.2, -0.15) is 0 Å². The number of aromatic hydroxyl groups is 1. The Labute approximate surface area is 163 Å². The van der Waals surface area contributed by atoms with Crippen molar-refractivity contribution in [3.8, 4) is 5.75 Å². The lowest BCUT2D eigenvalue weighted by atomic mass is 10.2. The van der Waals surface area contributed by atoms with Crippen LogP contribution in [-0.2, 0) is 4.79 Å². The molecule has 3 aromatic rings. The number of carbonyl (C=O) groups excluding carboxylic acids is 2. The van der Waals surface area contributed by atoms with Gasteiger partial charge in [-0.3, -0.25) is 9.59 Å². The van der Waals surface area contributed by atoms with Crippen molar-refractivity contribution in [3.05, 3.63) is 88.4 Å². The molecule has 2 amide bonds. The fraction of sp³-hybridized carbons (Fsp3) is 0. The second kappa shape index (κ2) is 8.37. The summed E-state index contributed by atoms with van der Waals surface area (Å²) in [5.41, 5.74) is 1.13. The van der Waals surface area contributed by atoms with E-state index in [1.165, 1.54) is 24.5 Å². The molecule has 0 aliphatic rings. The van der Waals surface area contributed by atoms with Gasteiger partial charge in [-0.25, -0.2) is 0 Å². The van der Waals surface area contributed by atoms with Crippen LogP contribution in [0.1, 0.15) is 16.1 Å². The first kappa shape index (κ1) is 18.5. The summed E-state index contributed by atoms with van der Waals surface area (Å²) in [6.45, 7) is 0. The van der Waals surface area contributed by atoms with Crippen LogP contribution in [-0.4, -0.2) is 16.9 Å². The van der Waals surface area contributed by atoms with Crippen molar-refractivity contribution in [2.75, 3.05) is 5.32 Å². The van der Waals surface area contributed by atoms with Crippen LogP contribution >= 0.6 is 15.9 Å². The minimum atomic E-state index is -0.549. The Morgan fingerprint density at radius 3 is 2.56 bits per heavy atom. The predicted molar refractivity (Wildman–Crippen MR) is 105 cm³/mol. The number of halogens is 1. The molecule has 6 nitrogen and oxygen atoms in total. The maximum absolute atomic E-state index is 12.7. The predicted octanol–water partition coefficient (Wildman–Crippen LogP) is 4.16. The average molecular weight is 427 g/mol. The van der Waals surface area contributed by atoms with E-state index in [-0.39, 0.29) is 17.2 Å². The summed E-state index contributed by atoms with van der Waals surface area (Å²) < 4.78 is 5.90. The molecular formula is C20H15BrN2O4. The minimum Gasteiger partial charge on any atom is -0.508 e. The molecule has 1 heterocycles. The maximum atomic E-state index is 12.7. The summed E-state index contributed by atoms with van der Waals surface area (Å²) in [4.78, 5) is 25.0. The number of phenolic OH excluding ortho intramolecular Hbond substituents is 1. The highest BCUT2D eigenvalue weighted by molar-refractivity contribution is 9.10. The van der Waals surface area contributed by atoms with Crippen LogP contribution in [0.4, 0.5) is 5.69 Å². The molecule has 0 atom stereocenters. The number of amides is 2. The SMILES string of the molecule is O=C(Nc1cccc(O)c1)C(=Cc1cccc(Br)c1)NC(=O)c1ccco1. The molecule has 3 N–H and O–H groups in total. The lowest BCUT2D eigenvalue weighted by Crippen LogP contribution is -2.30. The molecular weight excluding hydrogens is 412 g/mol. The van der Waals surface area contributed by atoms with Gasteiger partial charge < -0.3 is 20.2 Å². The van der Waals surface area contributed by atoms with Gasteiger partial charge in [0.1, 0.15) is 11.4 Å². The van der Waals surface area contributed by atoms with Gasteiger partial charge in [0.15, 0.2) is 5.76 Å². The van der Waals surface area contributed by atoms with E-state index in [9.17, 15) is 14.7 Å². The first-order valence-corrected chi connectivity index (χ1v) is 8.73. The van der Waals surface area contributed by atoms with Gasteiger partial charge in [-0.05, 0) is 48.0 Å². The number of hydrogen-bond donors (Lipinski definition) is 3.